The molecule has 7 heteroatoms. The third kappa shape index (κ3) is 7.71. The van der Waals surface area contributed by atoms with Gasteiger partial charge >= 0.3 is 6.18 Å². The minimum Gasteiger partial charge on any atom is -0.158 e. The van der Waals surface area contributed by atoms with Gasteiger partial charge in [0.2, 0.25) is 0 Å². The summed E-state index contributed by atoms with van der Waals surface area (Å²) in [7, 11) is -6.16. The van der Waals surface area contributed by atoms with Crippen LogP contribution >= 0.6 is 10.6 Å². The molecule has 0 spiro atoms. The maximum atomic E-state index is 10.8. The van der Waals surface area contributed by atoms with Crippen LogP contribution in [0.4, 0.5) is 24.8 Å². The van der Waals surface area contributed by atoms with Gasteiger partial charge in [0, 0.05) is 0 Å². The van der Waals surface area contributed by atoms with E-state index in [0.717, 1.165) is 0 Å². The number of hydrogen-bond donors (Lipinski definition) is 0. The van der Waals surface area contributed by atoms with Crippen molar-refractivity contribution in [2.24, 2.45) is 0 Å². The molecule has 0 aromatic heterocycles. The fourth-order valence-corrected chi connectivity index (χ4v) is 0.394. The molecule has 0 aliphatic heterocycles. The Hall–Kier alpha value is -0.290. The van der Waals surface area contributed by atoms with Crippen LogP contribution in [0.1, 0.15) is 0 Å². The maximum Gasteiger partial charge on any atom is 0.462 e. The quantitative estimate of drug-likeness (QED) is 0.490. The van der Waals surface area contributed by atoms with Gasteiger partial charge in [-0.3, -0.25) is 0 Å². The lowest BCUT2D eigenvalue weighted by atomic mass is 10.8. The second kappa shape index (κ2) is 2.15. The zero-order valence-corrected chi connectivity index (χ0v) is 4.49. The molecular formula is C2F6S. The van der Waals surface area contributed by atoms with Gasteiger partial charge in [-0.25, -0.2) is 0 Å². The average Bonchev–Trinajstić information content (AvgIpc) is 1.14. The lowest BCUT2D eigenvalue weighted by Crippen LogP contribution is -2.00. The van der Waals surface area contributed by atoms with Gasteiger partial charge in [0.1, 0.15) is 0 Å². The highest BCUT2D eigenvalue weighted by Crippen LogP contribution is 2.40. The van der Waals surface area contributed by atoms with Crippen LogP contribution in [0.15, 0.2) is 0 Å². The molecule has 0 amide bonds. The molecule has 0 atom stereocenters. The van der Waals surface area contributed by atoms with Crippen LogP contribution in [0.5, 0.6) is 0 Å². The minimum atomic E-state index is -6.16. The molecule has 0 saturated carbocycles. The smallest absolute Gasteiger partial charge is 0.158 e. The lowest BCUT2D eigenvalue weighted by molar-refractivity contribution is -0.0690. The molecule has 0 aliphatic carbocycles. The van der Waals surface area contributed by atoms with Crippen LogP contribution in [0.3, 0.4) is 0 Å². The molecular weight excluding hydrogens is 170 g/mol. The van der Waals surface area contributed by atoms with Gasteiger partial charge < -0.3 is 0 Å². The summed E-state index contributed by atoms with van der Waals surface area (Å²) in [5.41, 5.74) is 0. The fraction of sp³-hybridized carbons (Fsp3) is 0.500. The molecule has 0 aliphatic rings. The Labute approximate surface area is 47.9 Å². The third-order valence-electron chi connectivity index (χ3n) is 0.231. The Morgan fingerprint density at radius 3 is 1.33 bits per heavy atom. The van der Waals surface area contributed by atoms with E-state index >= 15 is 0 Å². The summed E-state index contributed by atoms with van der Waals surface area (Å²) in [6, 6.07) is 0. The monoisotopic (exact) mass is 170 g/mol. The minimum absolute atomic E-state index is 0.458. The van der Waals surface area contributed by atoms with Crippen molar-refractivity contribution < 1.29 is 24.8 Å². The van der Waals surface area contributed by atoms with Gasteiger partial charge in [0.05, 0.1) is 5.18 Å². The highest BCUT2D eigenvalue weighted by Gasteiger charge is 2.27. The molecule has 0 bridgehead atoms. The first-order valence-electron chi connectivity index (χ1n) is 1.48. The zero-order valence-electron chi connectivity index (χ0n) is 3.68. The van der Waals surface area contributed by atoms with Crippen molar-refractivity contribution in [2.75, 3.05) is 0 Å². The van der Waals surface area contributed by atoms with E-state index in [1.54, 1.807) is 0 Å². The Morgan fingerprint density at radius 2 is 1.33 bits per heavy atom. The first kappa shape index (κ1) is 8.71. The van der Waals surface area contributed by atoms with E-state index in [-0.39, 0.29) is 0 Å². The predicted molar refractivity (Wildman–Crippen MR) is 20.9 cm³/mol. The number of alkyl halides is 3. The fourth-order valence-electron chi connectivity index (χ4n) is 0.131. The van der Waals surface area contributed by atoms with Crippen LogP contribution in [0.2, 0.25) is 0 Å². The molecule has 0 rings (SSSR count). The van der Waals surface area contributed by atoms with Gasteiger partial charge in [0.15, 0.2) is 0 Å². The Kier molecular flexibility index (Phi) is 2.08. The Balaban J connectivity index is 4.55. The van der Waals surface area contributed by atoms with E-state index in [2.05, 4.69) is 0 Å². The van der Waals surface area contributed by atoms with E-state index in [1.807, 2.05) is 0 Å². The third-order valence-corrected chi connectivity index (χ3v) is 0.694. The molecule has 0 N–H and O–H groups in total. The van der Waals surface area contributed by atoms with Crippen molar-refractivity contribution in [3.63, 3.8) is 0 Å². The van der Waals surface area contributed by atoms with Crippen LogP contribution < -0.4 is 0 Å². The molecule has 0 saturated heterocycles. The molecule has 0 fully saturated rings. The van der Waals surface area contributed by atoms with E-state index in [1.165, 1.54) is 0 Å². The first-order valence-corrected chi connectivity index (χ1v) is 2.82. The molecule has 0 nitrogen and oxygen atoms in total. The van der Waals surface area contributed by atoms with Gasteiger partial charge in [-0.2, -0.15) is 13.2 Å². The Morgan fingerprint density at radius 1 is 1.00 bits per heavy atom. The summed E-state index contributed by atoms with van der Waals surface area (Å²) < 4.78 is 64.6. The van der Waals surface area contributed by atoms with Gasteiger partial charge in [-0.1, -0.05) is 0 Å². The van der Waals surface area contributed by atoms with E-state index in [0.29, 0.717) is 0 Å². The van der Waals surface area contributed by atoms with Crippen molar-refractivity contribution in [3.8, 4) is 5.18 Å². The first-order chi connectivity index (χ1) is 3.71. The summed E-state index contributed by atoms with van der Waals surface area (Å²) in [5, 5.41) is -0.458. The predicted octanol–water partition coefficient (Wildman–Crippen LogP) is 2.97. The van der Waals surface area contributed by atoms with Crippen LogP contribution in [-0.4, -0.2) is 6.18 Å². The zero-order chi connectivity index (χ0) is 7.71. The summed E-state index contributed by atoms with van der Waals surface area (Å²) >= 11 is 0. The molecule has 0 unspecified atom stereocenters. The van der Waals surface area contributed by atoms with Crippen molar-refractivity contribution in [1.82, 2.24) is 0 Å². The molecule has 0 heterocycles. The second-order valence-electron chi connectivity index (χ2n) is 1.01. The highest BCUT2D eigenvalue weighted by molar-refractivity contribution is 8.10. The number of halogens is 6. The largest absolute Gasteiger partial charge is 0.462 e. The highest BCUT2D eigenvalue weighted by atomic mass is 32.3. The van der Waals surface area contributed by atoms with Gasteiger partial charge in [-0.15, -0.1) is 11.7 Å². The SMILES string of the molecule is FC(F)(F)C#S(F)(F)F. The topological polar surface area (TPSA) is 0 Å². The van der Waals surface area contributed by atoms with Crippen molar-refractivity contribution in [2.45, 2.75) is 6.18 Å². The molecule has 56 valence electrons. The second-order valence-corrected chi connectivity index (χ2v) is 2.02. The maximum absolute atomic E-state index is 10.8. The standard InChI is InChI=1S/C2F6S/c3-2(4,5)1-9(6,7)8. The van der Waals surface area contributed by atoms with E-state index < -0.39 is 22.0 Å². The Bertz CT molecular complexity index is 179. The number of rotatable bonds is 0. The van der Waals surface area contributed by atoms with Crippen LogP contribution in [0, 0.1) is 5.18 Å². The van der Waals surface area contributed by atoms with E-state index in [9.17, 15) is 24.8 Å². The average molecular weight is 170 g/mol. The summed E-state index contributed by atoms with van der Waals surface area (Å²) in [6.45, 7) is 0. The number of hydrogen-bond acceptors (Lipinski definition) is 0. The molecule has 0 aromatic carbocycles. The van der Waals surface area contributed by atoms with Crippen molar-refractivity contribution >= 4 is 10.6 Å². The van der Waals surface area contributed by atoms with Gasteiger partial charge in [0.25, 0.3) is 10.6 Å². The van der Waals surface area contributed by atoms with Crippen LogP contribution in [-0.2, 0) is 0 Å². The normalized spacial score (nSPS) is 13.1. The van der Waals surface area contributed by atoms with Crippen molar-refractivity contribution in [3.05, 3.63) is 0 Å². The summed E-state index contributed by atoms with van der Waals surface area (Å²) in [5.74, 6) is 0. The lowest BCUT2D eigenvalue weighted by Gasteiger charge is -1.93. The molecule has 0 aromatic rings. The molecule has 9 heavy (non-hydrogen) atoms. The molecule has 0 radical (unpaired) electrons. The van der Waals surface area contributed by atoms with Crippen molar-refractivity contribution in [1.29, 1.82) is 0 Å². The van der Waals surface area contributed by atoms with Gasteiger partial charge in [-0.05, 0) is 0 Å². The van der Waals surface area contributed by atoms with E-state index in [4.69, 9.17) is 0 Å². The summed E-state index contributed by atoms with van der Waals surface area (Å²) in [6.07, 6.45) is -5.35. The summed E-state index contributed by atoms with van der Waals surface area (Å²) in [4.78, 5) is 0. The van der Waals surface area contributed by atoms with Crippen LogP contribution in [0.25, 0.3) is 0 Å².